The number of amides is 1. The Hall–Kier alpha value is -1.64. The van der Waals surface area contributed by atoms with E-state index in [0.717, 1.165) is 38.5 Å². The number of methoxy groups -OCH3 is 1. The molecule has 0 aromatic heterocycles. The molecule has 150 valence electrons. The summed E-state index contributed by atoms with van der Waals surface area (Å²) in [6.07, 6.45) is 5.75. The van der Waals surface area contributed by atoms with Crippen LogP contribution in [0.5, 0.6) is 5.75 Å². The number of carbonyl (C=O) groups is 1. The van der Waals surface area contributed by atoms with Gasteiger partial charge < -0.3 is 14.8 Å². The van der Waals surface area contributed by atoms with Gasteiger partial charge in [0.05, 0.1) is 23.7 Å². The maximum atomic E-state index is 13.0. The third-order valence-electron chi connectivity index (χ3n) is 5.13. The molecular formula is C19H28N2O5S. The van der Waals surface area contributed by atoms with E-state index in [1.165, 1.54) is 23.5 Å². The van der Waals surface area contributed by atoms with Gasteiger partial charge in [-0.05, 0) is 43.9 Å². The topological polar surface area (TPSA) is 84.9 Å². The zero-order valence-corrected chi connectivity index (χ0v) is 16.6. The van der Waals surface area contributed by atoms with Crippen LogP contribution in [0.3, 0.4) is 0 Å². The summed E-state index contributed by atoms with van der Waals surface area (Å²) in [6.45, 7) is 2.17. The Kier molecular flexibility index (Phi) is 6.73. The number of hydrogen-bond donors (Lipinski definition) is 1. The molecule has 1 aromatic rings. The lowest BCUT2D eigenvalue weighted by atomic mass is 10.1. The first-order valence-electron chi connectivity index (χ1n) is 9.60. The summed E-state index contributed by atoms with van der Waals surface area (Å²) in [7, 11) is -2.16. The summed E-state index contributed by atoms with van der Waals surface area (Å²) in [5.74, 6) is 0.00456. The number of hydrogen-bond acceptors (Lipinski definition) is 5. The molecule has 0 radical (unpaired) electrons. The SMILES string of the molecule is COc1ccc(S(=O)(=O)N2CCCCCC2)cc1C(=O)NCC1CCCO1. The maximum absolute atomic E-state index is 13.0. The molecule has 2 heterocycles. The molecule has 1 unspecified atom stereocenters. The van der Waals surface area contributed by atoms with Gasteiger partial charge in [0.2, 0.25) is 10.0 Å². The third-order valence-corrected chi connectivity index (χ3v) is 7.03. The second-order valence-corrected chi connectivity index (χ2v) is 8.96. The molecule has 27 heavy (non-hydrogen) atoms. The summed E-state index contributed by atoms with van der Waals surface area (Å²) in [5, 5.41) is 2.83. The fourth-order valence-corrected chi connectivity index (χ4v) is 5.11. The van der Waals surface area contributed by atoms with Crippen molar-refractivity contribution in [2.24, 2.45) is 0 Å². The molecule has 0 aliphatic carbocycles. The van der Waals surface area contributed by atoms with Crippen molar-refractivity contribution in [2.45, 2.75) is 49.5 Å². The molecule has 1 amide bonds. The highest BCUT2D eigenvalue weighted by Gasteiger charge is 2.27. The Labute approximate surface area is 161 Å². The van der Waals surface area contributed by atoms with Gasteiger partial charge >= 0.3 is 0 Å². The van der Waals surface area contributed by atoms with Crippen molar-refractivity contribution in [1.29, 1.82) is 0 Å². The molecule has 0 bridgehead atoms. The van der Waals surface area contributed by atoms with Crippen LogP contribution < -0.4 is 10.1 Å². The van der Waals surface area contributed by atoms with Gasteiger partial charge in [-0.2, -0.15) is 4.31 Å². The molecule has 1 atom stereocenters. The van der Waals surface area contributed by atoms with Gasteiger partial charge in [0, 0.05) is 26.2 Å². The fourth-order valence-electron chi connectivity index (χ4n) is 3.56. The van der Waals surface area contributed by atoms with Crippen LogP contribution >= 0.6 is 0 Å². The number of nitrogens with zero attached hydrogens (tertiary/aromatic N) is 1. The Bertz CT molecular complexity index is 751. The summed E-state index contributed by atoms with van der Waals surface area (Å²) in [4.78, 5) is 12.8. The van der Waals surface area contributed by atoms with Crippen molar-refractivity contribution in [1.82, 2.24) is 9.62 Å². The first-order valence-corrected chi connectivity index (χ1v) is 11.0. The average Bonchev–Trinajstić information content (AvgIpc) is 3.04. The second-order valence-electron chi connectivity index (χ2n) is 7.03. The third kappa shape index (κ3) is 4.80. The van der Waals surface area contributed by atoms with Gasteiger partial charge in [-0.1, -0.05) is 12.8 Å². The highest BCUT2D eigenvalue weighted by Crippen LogP contribution is 2.26. The van der Waals surface area contributed by atoms with E-state index < -0.39 is 10.0 Å². The highest BCUT2D eigenvalue weighted by atomic mass is 32.2. The lowest BCUT2D eigenvalue weighted by molar-refractivity contribution is 0.0855. The molecule has 2 fully saturated rings. The number of nitrogens with one attached hydrogen (secondary N) is 1. The van der Waals surface area contributed by atoms with Crippen molar-refractivity contribution in [3.05, 3.63) is 23.8 Å². The van der Waals surface area contributed by atoms with Gasteiger partial charge in [-0.15, -0.1) is 0 Å². The van der Waals surface area contributed by atoms with E-state index in [2.05, 4.69) is 5.32 Å². The monoisotopic (exact) mass is 396 g/mol. The number of ether oxygens (including phenoxy) is 2. The van der Waals surface area contributed by atoms with Crippen molar-refractivity contribution >= 4 is 15.9 Å². The molecule has 3 rings (SSSR count). The predicted molar refractivity (Wildman–Crippen MR) is 102 cm³/mol. The van der Waals surface area contributed by atoms with Crippen molar-refractivity contribution < 1.29 is 22.7 Å². The van der Waals surface area contributed by atoms with Crippen molar-refractivity contribution in [2.75, 3.05) is 33.4 Å². The highest BCUT2D eigenvalue weighted by molar-refractivity contribution is 7.89. The molecule has 2 saturated heterocycles. The molecular weight excluding hydrogens is 368 g/mol. The second kappa shape index (κ2) is 9.03. The van der Waals surface area contributed by atoms with E-state index in [0.29, 0.717) is 32.0 Å². The largest absolute Gasteiger partial charge is 0.496 e. The van der Waals surface area contributed by atoms with Crippen LogP contribution in [0.25, 0.3) is 0 Å². The van der Waals surface area contributed by atoms with Gasteiger partial charge in [0.15, 0.2) is 0 Å². The summed E-state index contributed by atoms with van der Waals surface area (Å²) in [5.41, 5.74) is 0.228. The van der Waals surface area contributed by atoms with Crippen LogP contribution in [-0.2, 0) is 14.8 Å². The van der Waals surface area contributed by atoms with E-state index in [1.54, 1.807) is 6.07 Å². The minimum Gasteiger partial charge on any atom is -0.496 e. The van der Waals surface area contributed by atoms with Crippen LogP contribution in [-0.4, -0.2) is 58.1 Å². The Morgan fingerprint density at radius 3 is 2.59 bits per heavy atom. The number of rotatable bonds is 6. The lowest BCUT2D eigenvalue weighted by Crippen LogP contribution is -2.33. The van der Waals surface area contributed by atoms with Crippen molar-refractivity contribution in [3.63, 3.8) is 0 Å². The Balaban J connectivity index is 1.80. The summed E-state index contributed by atoms with van der Waals surface area (Å²) in [6, 6.07) is 4.48. The van der Waals surface area contributed by atoms with Gasteiger partial charge in [0.25, 0.3) is 5.91 Å². The first-order chi connectivity index (χ1) is 13.0. The van der Waals surface area contributed by atoms with Crippen LogP contribution in [0.1, 0.15) is 48.9 Å². The lowest BCUT2D eigenvalue weighted by Gasteiger charge is -2.21. The van der Waals surface area contributed by atoms with Gasteiger partial charge in [-0.3, -0.25) is 4.79 Å². The van der Waals surface area contributed by atoms with E-state index in [4.69, 9.17) is 9.47 Å². The molecule has 0 spiro atoms. The van der Waals surface area contributed by atoms with Crippen LogP contribution in [0.15, 0.2) is 23.1 Å². The van der Waals surface area contributed by atoms with E-state index >= 15 is 0 Å². The Morgan fingerprint density at radius 1 is 1.22 bits per heavy atom. The smallest absolute Gasteiger partial charge is 0.255 e. The first kappa shape index (κ1) is 20.1. The van der Waals surface area contributed by atoms with E-state index in [9.17, 15) is 13.2 Å². The molecule has 2 aliphatic rings. The number of carbonyl (C=O) groups excluding carboxylic acids is 1. The zero-order valence-electron chi connectivity index (χ0n) is 15.8. The standard InChI is InChI=1S/C19H28N2O5S/c1-25-18-9-8-16(27(23,24)21-10-4-2-3-5-11-21)13-17(18)19(22)20-14-15-7-6-12-26-15/h8-9,13,15H,2-7,10-12,14H2,1H3,(H,20,22). The number of benzene rings is 1. The Morgan fingerprint density at radius 2 is 1.96 bits per heavy atom. The average molecular weight is 397 g/mol. The fraction of sp³-hybridized carbons (Fsp3) is 0.632. The molecule has 8 heteroatoms. The summed E-state index contributed by atoms with van der Waals surface area (Å²) >= 11 is 0. The molecule has 2 aliphatic heterocycles. The van der Waals surface area contributed by atoms with Crippen molar-refractivity contribution in [3.8, 4) is 5.75 Å². The van der Waals surface area contributed by atoms with Crippen LogP contribution in [0.2, 0.25) is 0 Å². The van der Waals surface area contributed by atoms with Crippen LogP contribution in [0.4, 0.5) is 0 Å². The quantitative estimate of drug-likeness (QED) is 0.797. The van der Waals surface area contributed by atoms with Gasteiger partial charge in [0.1, 0.15) is 5.75 Å². The molecule has 7 nitrogen and oxygen atoms in total. The van der Waals surface area contributed by atoms with Crippen LogP contribution in [0, 0.1) is 0 Å². The normalized spacial score (nSPS) is 21.6. The van der Waals surface area contributed by atoms with Gasteiger partial charge in [-0.25, -0.2) is 8.42 Å². The molecule has 0 saturated carbocycles. The maximum Gasteiger partial charge on any atom is 0.255 e. The minimum absolute atomic E-state index is 0.0176. The zero-order chi connectivity index (χ0) is 19.3. The minimum atomic E-state index is -3.62. The number of sulfonamides is 1. The molecule has 1 aromatic carbocycles. The van der Waals surface area contributed by atoms with E-state index in [1.807, 2.05) is 0 Å². The molecule has 1 N–H and O–H groups in total. The van der Waals surface area contributed by atoms with E-state index in [-0.39, 0.29) is 22.5 Å². The summed E-state index contributed by atoms with van der Waals surface area (Å²) < 4.78 is 38.3. The predicted octanol–water partition coefficient (Wildman–Crippen LogP) is 2.17.